The lowest BCUT2D eigenvalue weighted by Gasteiger charge is -2.11. The van der Waals surface area contributed by atoms with Gasteiger partial charge in [-0.25, -0.2) is 0 Å². The van der Waals surface area contributed by atoms with E-state index in [1.54, 1.807) is 12.1 Å². The van der Waals surface area contributed by atoms with Crippen LogP contribution in [-0.2, 0) is 0 Å². The van der Waals surface area contributed by atoms with E-state index in [-0.39, 0.29) is 11.4 Å². The van der Waals surface area contributed by atoms with Crippen LogP contribution >= 0.6 is 0 Å². The largest absolute Gasteiger partial charge is 0.493 e. The number of methoxy groups -OCH3 is 1. The highest BCUT2D eigenvalue weighted by atomic mass is 16.6. The van der Waals surface area contributed by atoms with Crippen LogP contribution in [0, 0.1) is 16.0 Å². The molecular formula is C12H16N2O4. The molecule has 1 aromatic carbocycles. The van der Waals surface area contributed by atoms with Crippen molar-refractivity contribution in [2.75, 3.05) is 26.8 Å². The molecule has 0 spiro atoms. The lowest BCUT2D eigenvalue weighted by atomic mass is 10.1. The number of nitrogens with one attached hydrogen (secondary N) is 1. The Morgan fingerprint density at radius 1 is 1.56 bits per heavy atom. The van der Waals surface area contributed by atoms with Crippen LogP contribution in [0.5, 0.6) is 11.5 Å². The van der Waals surface area contributed by atoms with Gasteiger partial charge in [0.05, 0.1) is 18.6 Å². The van der Waals surface area contributed by atoms with Crippen molar-refractivity contribution in [3.63, 3.8) is 0 Å². The van der Waals surface area contributed by atoms with Gasteiger partial charge in [-0.05, 0) is 19.0 Å². The Labute approximate surface area is 105 Å². The molecule has 2 rings (SSSR count). The van der Waals surface area contributed by atoms with Gasteiger partial charge in [0.1, 0.15) is 5.75 Å². The summed E-state index contributed by atoms with van der Waals surface area (Å²) in [6.45, 7) is 2.61. The number of hydrogen-bond donors (Lipinski definition) is 1. The zero-order valence-electron chi connectivity index (χ0n) is 10.2. The second kappa shape index (κ2) is 5.68. The Morgan fingerprint density at radius 3 is 3.00 bits per heavy atom. The fourth-order valence-electron chi connectivity index (χ4n) is 1.97. The monoisotopic (exact) mass is 252 g/mol. The maximum atomic E-state index is 10.7. The van der Waals surface area contributed by atoms with Crippen molar-refractivity contribution in [3.8, 4) is 11.5 Å². The third kappa shape index (κ3) is 2.89. The molecule has 0 aromatic heterocycles. The topological polar surface area (TPSA) is 73.6 Å². The van der Waals surface area contributed by atoms with Gasteiger partial charge in [0, 0.05) is 24.6 Å². The van der Waals surface area contributed by atoms with Crippen molar-refractivity contribution in [2.24, 2.45) is 5.92 Å². The number of nitrogens with zero attached hydrogens (tertiary/aromatic N) is 1. The average Bonchev–Trinajstić information content (AvgIpc) is 2.88. The molecule has 1 heterocycles. The molecule has 1 atom stereocenters. The van der Waals surface area contributed by atoms with Gasteiger partial charge in [-0.3, -0.25) is 10.1 Å². The van der Waals surface area contributed by atoms with E-state index in [2.05, 4.69) is 5.32 Å². The Hall–Kier alpha value is -1.82. The Morgan fingerprint density at radius 2 is 2.39 bits per heavy atom. The van der Waals surface area contributed by atoms with Crippen molar-refractivity contribution in [2.45, 2.75) is 6.42 Å². The van der Waals surface area contributed by atoms with E-state index >= 15 is 0 Å². The van der Waals surface area contributed by atoms with Gasteiger partial charge in [0.15, 0.2) is 0 Å². The summed E-state index contributed by atoms with van der Waals surface area (Å²) in [5.74, 6) is 1.33. The minimum Gasteiger partial charge on any atom is -0.493 e. The van der Waals surface area contributed by atoms with Crippen molar-refractivity contribution < 1.29 is 14.4 Å². The first kappa shape index (κ1) is 12.6. The van der Waals surface area contributed by atoms with Crippen LogP contribution in [0.15, 0.2) is 18.2 Å². The van der Waals surface area contributed by atoms with Crippen LogP contribution in [0.2, 0.25) is 0 Å². The highest BCUT2D eigenvalue weighted by Crippen LogP contribution is 2.31. The molecule has 1 N–H and O–H groups in total. The van der Waals surface area contributed by atoms with Crippen LogP contribution < -0.4 is 14.8 Å². The third-order valence-electron chi connectivity index (χ3n) is 3.00. The van der Waals surface area contributed by atoms with Gasteiger partial charge in [-0.15, -0.1) is 0 Å². The first-order valence-electron chi connectivity index (χ1n) is 5.86. The molecule has 0 radical (unpaired) electrons. The molecule has 1 fully saturated rings. The second-order valence-electron chi connectivity index (χ2n) is 4.26. The van der Waals surface area contributed by atoms with E-state index in [0.717, 1.165) is 19.5 Å². The molecule has 1 unspecified atom stereocenters. The van der Waals surface area contributed by atoms with Gasteiger partial charge in [-0.1, -0.05) is 0 Å². The first-order chi connectivity index (χ1) is 8.70. The smallest absolute Gasteiger partial charge is 0.311 e. The summed E-state index contributed by atoms with van der Waals surface area (Å²) >= 11 is 0. The highest BCUT2D eigenvalue weighted by molar-refractivity contribution is 5.50. The lowest BCUT2D eigenvalue weighted by Crippen LogP contribution is -2.15. The maximum Gasteiger partial charge on any atom is 0.311 e. The molecule has 1 aliphatic rings. The van der Waals surface area contributed by atoms with Gasteiger partial charge < -0.3 is 14.8 Å². The van der Waals surface area contributed by atoms with E-state index in [1.165, 1.54) is 13.2 Å². The number of ether oxygens (including phenoxy) is 2. The minimum absolute atomic E-state index is 0.0487. The lowest BCUT2D eigenvalue weighted by molar-refractivity contribution is -0.385. The number of rotatable bonds is 5. The molecule has 0 saturated carbocycles. The van der Waals surface area contributed by atoms with E-state index < -0.39 is 4.92 Å². The minimum atomic E-state index is -0.469. The van der Waals surface area contributed by atoms with Crippen LogP contribution in [0.25, 0.3) is 0 Å². The molecule has 0 aliphatic carbocycles. The van der Waals surface area contributed by atoms with Crippen molar-refractivity contribution in [1.29, 1.82) is 0 Å². The quantitative estimate of drug-likeness (QED) is 0.636. The zero-order chi connectivity index (χ0) is 13.0. The number of hydrogen-bond acceptors (Lipinski definition) is 5. The fraction of sp³-hybridized carbons (Fsp3) is 0.500. The molecule has 98 valence electrons. The van der Waals surface area contributed by atoms with Crippen LogP contribution in [-0.4, -0.2) is 31.7 Å². The summed E-state index contributed by atoms with van der Waals surface area (Å²) in [5, 5.41) is 14.0. The van der Waals surface area contributed by atoms with Gasteiger partial charge in [0.25, 0.3) is 0 Å². The molecule has 1 aliphatic heterocycles. The summed E-state index contributed by atoms with van der Waals surface area (Å²) in [6, 6.07) is 4.56. The SMILES string of the molecule is COc1cc(OCC2CCNC2)ccc1[N+](=O)[O-]. The number of nitro groups is 1. The maximum absolute atomic E-state index is 10.7. The van der Waals surface area contributed by atoms with E-state index in [0.29, 0.717) is 18.3 Å². The molecule has 0 amide bonds. The molecule has 6 heteroatoms. The van der Waals surface area contributed by atoms with Gasteiger partial charge >= 0.3 is 5.69 Å². The normalized spacial score (nSPS) is 18.6. The van der Waals surface area contributed by atoms with Crippen molar-refractivity contribution >= 4 is 5.69 Å². The van der Waals surface area contributed by atoms with Crippen LogP contribution in [0.3, 0.4) is 0 Å². The first-order valence-corrected chi connectivity index (χ1v) is 5.86. The molecule has 0 bridgehead atoms. The summed E-state index contributed by atoms with van der Waals surface area (Å²) in [6.07, 6.45) is 1.10. The van der Waals surface area contributed by atoms with E-state index in [9.17, 15) is 10.1 Å². The van der Waals surface area contributed by atoms with Crippen molar-refractivity contribution in [1.82, 2.24) is 5.32 Å². The van der Waals surface area contributed by atoms with Gasteiger partial charge in [-0.2, -0.15) is 0 Å². The fourth-order valence-corrected chi connectivity index (χ4v) is 1.97. The van der Waals surface area contributed by atoms with Crippen molar-refractivity contribution in [3.05, 3.63) is 28.3 Å². The second-order valence-corrected chi connectivity index (χ2v) is 4.26. The number of benzene rings is 1. The van der Waals surface area contributed by atoms with Gasteiger partial charge in [0.2, 0.25) is 5.75 Å². The number of nitro benzene ring substituents is 1. The Kier molecular flexibility index (Phi) is 3.99. The standard InChI is InChI=1S/C12H16N2O4/c1-17-12-6-10(2-3-11(12)14(15)16)18-8-9-4-5-13-7-9/h2-3,6,9,13H,4-5,7-8H2,1H3. The van der Waals surface area contributed by atoms with Crippen LogP contribution in [0.1, 0.15) is 6.42 Å². The molecular weight excluding hydrogens is 236 g/mol. The third-order valence-corrected chi connectivity index (χ3v) is 3.00. The summed E-state index contributed by atoms with van der Waals surface area (Å²) in [7, 11) is 1.41. The van der Waals surface area contributed by atoms with E-state index in [1.807, 2.05) is 0 Å². The molecule has 1 saturated heterocycles. The Balaban J connectivity index is 2.02. The molecule has 18 heavy (non-hydrogen) atoms. The predicted octanol–water partition coefficient (Wildman–Crippen LogP) is 1.59. The summed E-state index contributed by atoms with van der Waals surface area (Å²) in [4.78, 5) is 10.3. The van der Waals surface area contributed by atoms with Crippen LogP contribution in [0.4, 0.5) is 5.69 Å². The summed E-state index contributed by atoms with van der Waals surface area (Å²) in [5.41, 5.74) is -0.0487. The summed E-state index contributed by atoms with van der Waals surface area (Å²) < 4.78 is 10.6. The Bertz CT molecular complexity index is 430. The molecule has 6 nitrogen and oxygen atoms in total. The zero-order valence-corrected chi connectivity index (χ0v) is 10.2. The predicted molar refractivity (Wildman–Crippen MR) is 66.1 cm³/mol. The molecule has 1 aromatic rings. The highest BCUT2D eigenvalue weighted by Gasteiger charge is 2.17. The average molecular weight is 252 g/mol. The van der Waals surface area contributed by atoms with E-state index in [4.69, 9.17) is 9.47 Å².